The molecule has 0 nitrogen and oxygen atoms in total. The summed E-state index contributed by atoms with van der Waals surface area (Å²) in [5.41, 5.74) is 2.42. The van der Waals surface area contributed by atoms with Gasteiger partial charge in [-0.05, 0) is 72.3 Å². The minimum atomic E-state index is -1.41. The van der Waals surface area contributed by atoms with Crippen LogP contribution in [-0.2, 0) is 0 Å². The van der Waals surface area contributed by atoms with Crippen molar-refractivity contribution in [3.63, 3.8) is 0 Å². The molecule has 0 aromatic heterocycles. The molecule has 0 N–H and O–H groups in total. The fourth-order valence-electron chi connectivity index (χ4n) is 6.23. The van der Waals surface area contributed by atoms with E-state index < -0.39 is 26.2 Å². The predicted molar refractivity (Wildman–Crippen MR) is 130 cm³/mol. The van der Waals surface area contributed by atoms with Gasteiger partial charge in [0.2, 0.25) is 0 Å². The summed E-state index contributed by atoms with van der Waals surface area (Å²) in [5, 5.41) is 0. The minimum absolute atomic E-state index is 0.380. The molecule has 0 spiro atoms. The zero-order valence-electron chi connectivity index (χ0n) is 19.4. The topological polar surface area (TPSA) is 0 Å². The SMILES string of the molecule is CCCCC[Si@H]1CC[C@H](C2CCC(c3ccc(-c4cc(F)c(F)c(F)c4)cc3)CC2)CC1. The number of hydrogen-bond donors (Lipinski definition) is 0. The van der Waals surface area contributed by atoms with Gasteiger partial charge in [0, 0.05) is 8.80 Å². The maximum atomic E-state index is 13.6. The van der Waals surface area contributed by atoms with Gasteiger partial charge in [0.1, 0.15) is 0 Å². The molecule has 2 fully saturated rings. The fourth-order valence-corrected chi connectivity index (χ4v) is 9.76. The molecule has 1 saturated carbocycles. The highest BCUT2D eigenvalue weighted by Crippen LogP contribution is 2.44. The summed E-state index contributed by atoms with van der Waals surface area (Å²) in [7, 11) is -0.420. The number of rotatable bonds is 7. The lowest BCUT2D eigenvalue weighted by atomic mass is 9.72. The van der Waals surface area contributed by atoms with Crippen molar-refractivity contribution in [2.75, 3.05) is 0 Å². The smallest absolute Gasteiger partial charge is 0.194 e. The Morgan fingerprint density at radius 3 is 1.94 bits per heavy atom. The normalized spacial score (nSPS) is 26.2. The van der Waals surface area contributed by atoms with Crippen LogP contribution in [0.3, 0.4) is 0 Å². The van der Waals surface area contributed by atoms with Crippen LogP contribution in [0.5, 0.6) is 0 Å². The Labute approximate surface area is 193 Å². The van der Waals surface area contributed by atoms with Crippen LogP contribution in [0, 0.1) is 29.3 Å². The molecular weight excluding hydrogens is 421 g/mol. The highest BCUT2D eigenvalue weighted by atomic mass is 28.3. The van der Waals surface area contributed by atoms with Crippen molar-refractivity contribution < 1.29 is 13.2 Å². The Kier molecular flexibility index (Phi) is 8.15. The third-order valence-electron chi connectivity index (χ3n) is 8.25. The number of hydrogen-bond acceptors (Lipinski definition) is 0. The Balaban J connectivity index is 1.28. The summed E-state index contributed by atoms with van der Waals surface area (Å²) in [6, 6.07) is 14.9. The van der Waals surface area contributed by atoms with Gasteiger partial charge in [0.15, 0.2) is 17.5 Å². The van der Waals surface area contributed by atoms with E-state index in [1.807, 2.05) is 12.1 Å². The Bertz CT molecular complexity index is 840. The Hall–Kier alpha value is -1.55. The zero-order chi connectivity index (χ0) is 22.5. The number of unbranched alkanes of at least 4 members (excludes halogenated alkanes) is 2. The third-order valence-corrected chi connectivity index (χ3v) is 11.8. The summed E-state index contributed by atoms with van der Waals surface area (Å²) in [4.78, 5) is 0. The monoisotopic (exact) mass is 458 g/mol. The van der Waals surface area contributed by atoms with Crippen molar-refractivity contribution in [3.05, 3.63) is 59.4 Å². The van der Waals surface area contributed by atoms with Crippen molar-refractivity contribution in [1.82, 2.24) is 0 Å². The summed E-state index contributed by atoms with van der Waals surface area (Å²) in [6.07, 6.45) is 12.4. The van der Waals surface area contributed by atoms with Gasteiger partial charge in [-0.15, -0.1) is 0 Å². The molecule has 2 aliphatic rings. The van der Waals surface area contributed by atoms with E-state index in [9.17, 15) is 13.2 Å². The number of halogens is 3. The van der Waals surface area contributed by atoms with Crippen molar-refractivity contribution >= 4 is 8.80 Å². The van der Waals surface area contributed by atoms with Crippen molar-refractivity contribution in [2.45, 2.75) is 88.8 Å². The van der Waals surface area contributed by atoms with Gasteiger partial charge in [0.05, 0.1) is 0 Å². The molecule has 1 aliphatic carbocycles. The first-order valence-corrected chi connectivity index (χ1v) is 15.2. The van der Waals surface area contributed by atoms with Gasteiger partial charge in [-0.2, -0.15) is 0 Å². The summed E-state index contributed by atoms with van der Waals surface area (Å²) >= 11 is 0. The molecule has 2 aromatic carbocycles. The van der Waals surface area contributed by atoms with Gasteiger partial charge in [-0.3, -0.25) is 0 Å². The Morgan fingerprint density at radius 1 is 0.750 bits per heavy atom. The summed E-state index contributed by atoms with van der Waals surface area (Å²) < 4.78 is 40.4. The maximum absolute atomic E-state index is 13.6. The van der Waals surface area contributed by atoms with Crippen molar-refractivity contribution in [3.8, 4) is 11.1 Å². The molecule has 1 aliphatic heterocycles. The van der Waals surface area contributed by atoms with Crippen LogP contribution in [0.4, 0.5) is 13.2 Å². The summed E-state index contributed by atoms with van der Waals surface area (Å²) in [5.74, 6) is -1.21. The minimum Gasteiger partial charge on any atom is -0.204 e. The van der Waals surface area contributed by atoms with Gasteiger partial charge in [-0.25, -0.2) is 13.2 Å². The molecule has 4 heteroatoms. The van der Waals surface area contributed by atoms with Gasteiger partial charge in [-0.1, -0.05) is 81.4 Å². The van der Waals surface area contributed by atoms with Crippen LogP contribution in [0.2, 0.25) is 18.1 Å². The molecule has 0 atom stereocenters. The molecule has 174 valence electrons. The van der Waals surface area contributed by atoms with E-state index in [1.54, 1.807) is 18.1 Å². The lowest BCUT2D eigenvalue weighted by Gasteiger charge is -2.37. The molecule has 0 unspecified atom stereocenters. The van der Waals surface area contributed by atoms with E-state index in [1.165, 1.54) is 63.4 Å². The van der Waals surface area contributed by atoms with E-state index in [4.69, 9.17) is 0 Å². The predicted octanol–water partition coefficient (Wildman–Crippen LogP) is 8.87. The van der Waals surface area contributed by atoms with E-state index in [2.05, 4.69) is 19.1 Å². The molecule has 32 heavy (non-hydrogen) atoms. The molecular formula is C28H37F3Si. The van der Waals surface area contributed by atoms with E-state index in [0.717, 1.165) is 29.5 Å². The quantitative estimate of drug-likeness (QED) is 0.221. The molecule has 1 heterocycles. The van der Waals surface area contributed by atoms with Crippen molar-refractivity contribution in [1.29, 1.82) is 0 Å². The molecule has 0 bridgehead atoms. The standard InChI is InChI=1S/C28H37F3Si/c1-2-3-4-15-32-16-13-24(14-17-32)22-7-5-20(6-8-22)21-9-11-23(12-10-21)25-18-26(29)28(31)27(30)19-25/h9-12,18-20,22,24,32H,2-8,13-17H2,1H3/t20?,22?,24-,32-. The van der Waals surface area contributed by atoms with Crippen LogP contribution in [0.1, 0.15) is 76.2 Å². The van der Waals surface area contributed by atoms with Gasteiger partial charge < -0.3 is 0 Å². The van der Waals surface area contributed by atoms with Crippen LogP contribution in [0.25, 0.3) is 11.1 Å². The van der Waals surface area contributed by atoms with Crippen LogP contribution >= 0.6 is 0 Å². The maximum Gasteiger partial charge on any atom is 0.194 e. The highest BCUT2D eigenvalue weighted by Gasteiger charge is 2.31. The molecule has 0 radical (unpaired) electrons. The first-order chi connectivity index (χ1) is 15.5. The average molecular weight is 459 g/mol. The highest BCUT2D eigenvalue weighted by molar-refractivity contribution is 6.58. The fraction of sp³-hybridized carbons (Fsp3) is 0.571. The first-order valence-electron chi connectivity index (χ1n) is 12.8. The molecule has 4 rings (SSSR count). The van der Waals surface area contributed by atoms with Crippen LogP contribution in [0.15, 0.2) is 36.4 Å². The number of benzene rings is 2. The van der Waals surface area contributed by atoms with Crippen LogP contribution < -0.4 is 0 Å². The van der Waals surface area contributed by atoms with E-state index in [-0.39, 0.29) is 0 Å². The van der Waals surface area contributed by atoms with Crippen molar-refractivity contribution in [2.24, 2.45) is 11.8 Å². The van der Waals surface area contributed by atoms with E-state index in [0.29, 0.717) is 11.5 Å². The third kappa shape index (κ3) is 5.68. The molecule has 0 amide bonds. The molecule has 2 aromatic rings. The largest absolute Gasteiger partial charge is 0.204 e. The second-order valence-corrected chi connectivity index (χ2v) is 13.7. The first kappa shape index (κ1) is 23.6. The van der Waals surface area contributed by atoms with Gasteiger partial charge >= 0.3 is 0 Å². The summed E-state index contributed by atoms with van der Waals surface area (Å²) in [6.45, 7) is 2.30. The lowest BCUT2D eigenvalue weighted by Crippen LogP contribution is -2.28. The zero-order valence-corrected chi connectivity index (χ0v) is 20.5. The Morgan fingerprint density at radius 2 is 1.34 bits per heavy atom. The molecule has 1 saturated heterocycles. The van der Waals surface area contributed by atoms with E-state index >= 15 is 0 Å². The van der Waals surface area contributed by atoms with Gasteiger partial charge in [0.25, 0.3) is 0 Å². The lowest BCUT2D eigenvalue weighted by molar-refractivity contribution is 0.216. The second-order valence-electron chi connectivity index (χ2n) is 10.3. The van der Waals surface area contributed by atoms with Crippen LogP contribution in [-0.4, -0.2) is 8.80 Å². The second kappa shape index (κ2) is 11.0. The average Bonchev–Trinajstić information content (AvgIpc) is 2.83.